The molecule has 1 nitrogen and oxygen atoms in total. The second-order valence-corrected chi connectivity index (χ2v) is 0. The summed E-state index contributed by atoms with van der Waals surface area (Å²) in [6.45, 7) is 0. The Morgan fingerprint density at radius 3 is 0.500 bits per heavy atom. The smallest absolute Gasteiger partial charge is 0 e. The molecule has 0 aromatic heterocycles. The Morgan fingerprint density at radius 1 is 0.500 bits per heavy atom. The fourth-order valence-corrected chi connectivity index (χ4v) is 0. The molecule has 0 bridgehead atoms. The predicted molar refractivity (Wildman–Crippen MR) is 20.9 cm³/mol. The van der Waals surface area contributed by atoms with E-state index < -0.39 is 0 Å². The molecule has 0 aliphatic rings. The molecule has 0 saturated carbocycles. The molecule has 0 fully saturated rings. The van der Waals surface area contributed by atoms with Crippen LogP contribution < -0.4 is 0 Å². The van der Waals surface area contributed by atoms with Crippen molar-refractivity contribution in [1.82, 2.24) is 0 Å². The van der Waals surface area contributed by atoms with Crippen LogP contribution in [0.4, 0.5) is 0 Å². The Balaban J connectivity index is 0. The Hall–Kier alpha value is 0.611. The van der Waals surface area contributed by atoms with Crippen LogP contribution in [0.1, 0.15) is 0 Å². The fourth-order valence-electron chi connectivity index (χ4n) is 0. The first kappa shape index (κ1) is 161. The zero-order valence-corrected chi connectivity index (χ0v) is 5.00. The van der Waals surface area contributed by atoms with Crippen molar-refractivity contribution >= 4 is 32.9 Å². The summed E-state index contributed by atoms with van der Waals surface area (Å²) < 4.78 is 0. The van der Waals surface area contributed by atoms with Gasteiger partial charge in [-0.15, -0.1) is 0 Å². The van der Waals surface area contributed by atoms with Gasteiger partial charge in [-0.3, -0.25) is 0 Å². The third-order valence-electron chi connectivity index (χ3n) is 0. The molecule has 0 aliphatic carbocycles. The molecule has 0 spiro atoms. The molecular weight excluding hydrogens is 100 g/mol. The van der Waals surface area contributed by atoms with Crippen LogP contribution in [-0.2, 0) is 0 Å². The summed E-state index contributed by atoms with van der Waals surface area (Å²) in [4.78, 5) is 0. The van der Waals surface area contributed by atoms with Gasteiger partial charge in [-0.25, -0.2) is 0 Å². The number of rotatable bonds is 0. The molecule has 0 aliphatic heterocycles. The molecule has 12 radical (unpaired) electrons. The monoisotopic (exact) mass is 102 g/mol. The molecule has 0 unspecified atom stereocenters. The molecule has 0 saturated heterocycles. The van der Waals surface area contributed by atoms with E-state index in [1.807, 2.05) is 0 Å². The van der Waals surface area contributed by atoms with Gasteiger partial charge in [0.2, 0.25) is 0 Å². The highest BCUT2D eigenvalue weighted by Gasteiger charge is 0.00201. The van der Waals surface area contributed by atoms with Crippen LogP contribution in [0.5, 0.6) is 0 Å². The highest BCUT2D eigenvalue weighted by Crippen LogP contribution is -0.289. The standard InChI is InChI=1S/H2O.3Si/h1H2;;;. The van der Waals surface area contributed by atoms with Gasteiger partial charge in [0, 0.05) is 32.9 Å². The summed E-state index contributed by atoms with van der Waals surface area (Å²) in [7, 11) is 0. The van der Waals surface area contributed by atoms with Crippen molar-refractivity contribution in [3.8, 4) is 0 Å². The Kier molecular flexibility index (Phi) is 2660. The molecule has 4 heavy (non-hydrogen) atoms. The summed E-state index contributed by atoms with van der Waals surface area (Å²) in [6.07, 6.45) is 0. The van der Waals surface area contributed by atoms with Gasteiger partial charge in [0.1, 0.15) is 0 Å². The Labute approximate surface area is 39.2 Å². The third-order valence-corrected chi connectivity index (χ3v) is 0. The van der Waals surface area contributed by atoms with Crippen molar-refractivity contribution in [2.45, 2.75) is 0 Å². The zero-order valence-electron chi connectivity index (χ0n) is 2.00. The van der Waals surface area contributed by atoms with Crippen LogP contribution in [0, 0.1) is 0 Å². The van der Waals surface area contributed by atoms with Gasteiger partial charge in [-0.05, 0) is 0 Å². The third kappa shape index (κ3) is 18.2. The van der Waals surface area contributed by atoms with Gasteiger partial charge >= 0.3 is 0 Å². The molecule has 0 rings (SSSR count). The lowest BCUT2D eigenvalue weighted by Crippen LogP contribution is -0.382. The van der Waals surface area contributed by atoms with Gasteiger partial charge in [0.25, 0.3) is 0 Å². The number of hydrogen-bond acceptors (Lipinski definition) is 0. The van der Waals surface area contributed by atoms with E-state index in [9.17, 15) is 0 Å². The SMILES string of the molecule is O.[Si].[Si].[Si]. The maximum Gasteiger partial charge on any atom is 0 e. The summed E-state index contributed by atoms with van der Waals surface area (Å²) in [5.41, 5.74) is 0. The van der Waals surface area contributed by atoms with E-state index in [4.69, 9.17) is 0 Å². The first-order valence-corrected chi connectivity index (χ1v) is 0. The average molecular weight is 102 g/mol. The molecule has 0 amide bonds. The minimum atomic E-state index is 0. The lowest BCUT2D eigenvalue weighted by Gasteiger charge is -0.412. The molecule has 0 aromatic carbocycles. The van der Waals surface area contributed by atoms with Gasteiger partial charge in [0.15, 0.2) is 0 Å². The van der Waals surface area contributed by atoms with Crippen molar-refractivity contribution in [3.05, 3.63) is 0 Å². The van der Waals surface area contributed by atoms with Gasteiger partial charge in [0.05, 0.1) is 0 Å². The Morgan fingerprint density at radius 2 is 0.500 bits per heavy atom. The minimum Gasteiger partial charge on any atom is -0.412 e. The maximum atomic E-state index is 0. The molecule has 0 atom stereocenters. The van der Waals surface area contributed by atoms with Crippen LogP contribution >= 0.6 is 0 Å². The lowest BCUT2D eigenvalue weighted by atomic mass is 16.0. The van der Waals surface area contributed by atoms with Crippen LogP contribution in [0.3, 0.4) is 0 Å². The molecule has 20 valence electrons. The van der Waals surface area contributed by atoms with E-state index in [0.29, 0.717) is 0 Å². The predicted octanol–water partition coefficient (Wildman–Crippen LogP) is -1.97. The van der Waals surface area contributed by atoms with Crippen LogP contribution in [0.25, 0.3) is 0 Å². The van der Waals surface area contributed by atoms with Crippen molar-refractivity contribution in [2.75, 3.05) is 0 Å². The zero-order chi connectivity index (χ0) is 0. The van der Waals surface area contributed by atoms with Gasteiger partial charge in [-0.1, -0.05) is 0 Å². The molecule has 0 heterocycles. The lowest BCUT2D eigenvalue weighted by molar-refractivity contribution is 0.824. The number of hydrogen-bond donors (Lipinski definition) is 0. The van der Waals surface area contributed by atoms with E-state index in [0.717, 1.165) is 0 Å². The van der Waals surface area contributed by atoms with E-state index >= 15 is 0 Å². The summed E-state index contributed by atoms with van der Waals surface area (Å²) in [5.74, 6) is 0. The minimum absolute atomic E-state index is 0. The first-order valence-electron chi connectivity index (χ1n) is 0. The maximum absolute atomic E-state index is 0. The van der Waals surface area contributed by atoms with Crippen molar-refractivity contribution in [2.24, 2.45) is 0 Å². The summed E-state index contributed by atoms with van der Waals surface area (Å²) in [5, 5.41) is 0. The van der Waals surface area contributed by atoms with Crippen molar-refractivity contribution in [3.63, 3.8) is 0 Å². The van der Waals surface area contributed by atoms with E-state index in [1.165, 1.54) is 0 Å². The van der Waals surface area contributed by atoms with E-state index in [-0.39, 0.29) is 38.4 Å². The molecular formula is H2OSi3. The Bertz CT molecular complexity index is 3.25. The molecule has 4 heteroatoms. The summed E-state index contributed by atoms with van der Waals surface area (Å²) >= 11 is 0. The topological polar surface area (TPSA) is 31.5 Å². The second kappa shape index (κ2) is 66.0. The molecule has 2 N–H and O–H groups in total. The fraction of sp³-hybridized carbons (Fsp3) is 0. The van der Waals surface area contributed by atoms with Crippen LogP contribution in [-0.4, -0.2) is 38.4 Å². The highest BCUT2D eigenvalue weighted by molar-refractivity contribution is 5.76. The first-order chi connectivity index (χ1) is 0. The average Bonchev–Trinajstić information content (AvgIpc) is 0. The normalized spacial score (nSPS) is 0. The largest absolute Gasteiger partial charge is 0.412 e. The molecule has 0 aromatic rings. The van der Waals surface area contributed by atoms with E-state index in [2.05, 4.69) is 0 Å². The quantitative estimate of drug-likeness (QED) is 0.318. The van der Waals surface area contributed by atoms with Gasteiger partial charge < -0.3 is 5.48 Å². The second-order valence-electron chi connectivity index (χ2n) is 0. The van der Waals surface area contributed by atoms with Crippen LogP contribution in [0.2, 0.25) is 0 Å². The van der Waals surface area contributed by atoms with Crippen LogP contribution in [0.15, 0.2) is 0 Å². The van der Waals surface area contributed by atoms with Crippen molar-refractivity contribution < 1.29 is 5.48 Å². The summed E-state index contributed by atoms with van der Waals surface area (Å²) in [6, 6.07) is 0. The van der Waals surface area contributed by atoms with Crippen molar-refractivity contribution in [1.29, 1.82) is 0 Å². The van der Waals surface area contributed by atoms with E-state index in [1.54, 1.807) is 0 Å². The van der Waals surface area contributed by atoms with Gasteiger partial charge in [-0.2, -0.15) is 0 Å². The highest BCUT2D eigenvalue weighted by atomic mass is 28.1.